The van der Waals surface area contributed by atoms with Crippen LogP contribution in [-0.2, 0) is 11.3 Å². The summed E-state index contributed by atoms with van der Waals surface area (Å²) in [6.07, 6.45) is 1.38. The van der Waals surface area contributed by atoms with E-state index in [0.29, 0.717) is 18.5 Å². The van der Waals surface area contributed by atoms with E-state index in [1.165, 1.54) is 0 Å². The van der Waals surface area contributed by atoms with E-state index in [4.69, 9.17) is 4.74 Å². The molecule has 1 aromatic heterocycles. The second-order valence-corrected chi connectivity index (χ2v) is 2.75. The van der Waals surface area contributed by atoms with E-state index < -0.39 is 0 Å². The molecule has 0 aromatic carbocycles. The molecule has 1 fully saturated rings. The molecular weight excluding hydrogens is 194 g/mol. The van der Waals surface area contributed by atoms with Crippen molar-refractivity contribution in [1.29, 1.82) is 0 Å². The molecule has 1 atom stereocenters. The Hall–Kier alpha value is -0.720. The Morgan fingerprint density at radius 2 is 2.46 bits per heavy atom. The summed E-state index contributed by atoms with van der Waals surface area (Å²) < 4.78 is 5.50. The molecule has 74 valence electrons. The van der Waals surface area contributed by atoms with Crippen molar-refractivity contribution < 1.29 is 4.74 Å². The molecule has 13 heavy (non-hydrogen) atoms. The molecule has 2 rings (SSSR count). The highest BCUT2D eigenvalue weighted by atomic mass is 35.5. The molecule has 0 aliphatic carbocycles. The van der Waals surface area contributed by atoms with E-state index in [1.807, 2.05) is 0 Å². The summed E-state index contributed by atoms with van der Waals surface area (Å²) in [7, 11) is 0. The van der Waals surface area contributed by atoms with Crippen molar-refractivity contribution in [2.75, 3.05) is 13.1 Å². The van der Waals surface area contributed by atoms with Crippen LogP contribution in [0.15, 0.2) is 0 Å². The third-order valence-corrected chi connectivity index (χ3v) is 1.85. The van der Waals surface area contributed by atoms with Gasteiger partial charge in [0.25, 0.3) is 0 Å². The monoisotopic (exact) mass is 205 g/mol. The molecule has 0 amide bonds. The summed E-state index contributed by atoms with van der Waals surface area (Å²) in [5, 5.41) is 16.6. The molecule has 1 aromatic rings. The lowest BCUT2D eigenvalue weighted by Gasteiger charge is -2.06. The Kier molecular flexibility index (Phi) is 4.07. The van der Waals surface area contributed by atoms with Gasteiger partial charge in [-0.2, -0.15) is 5.21 Å². The average molecular weight is 206 g/mol. The Morgan fingerprint density at radius 1 is 1.54 bits per heavy atom. The van der Waals surface area contributed by atoms with Crippen molar-refractivity contribution in [1.82, 2.24) is 25.9 Å². The summed E-state index contributed by atoms with van der Waals surface area (Å²) in [4.78, 5) is 0. The van der Waals surface area contributed by atoms with Gasteiger partial charge in [-0.05, 0) is 13.0 Å². The van der Waals surface area contributed by atoms with Crippen molar-refractivity contribution in [3.63, 3.8) is 0 Å². The van der Waals surface area contributed by atoms with Gasteiger partial charge >= 0.3 is 0 Å². The Morgan fingerprint density at radius 3 is 3.08 bits per heavy atom. The second-order valence-electron chi connectivity index (χ2n) is 2.75. The third kappa shape index (κ3) is 2.91. The number of hydrogen-bond acceptors (Lipinski definition) is 5. The van der Waals surface area contributed by atoms with Gasteiger partial charge in [0, 0.05) is 6.54 Å². The molecule has 0 bridgehead atoms. The summed E-state index contributed by atoms with van der Waals surface area (Å²) in [6.45, 7) is 2.41. The molecule has 0 spiro atoms. The zero-order chi connectivity index (χ0) is 8.23. The first-order chi connectivity index (χ1) is 5.95. The normalized spacial score (nSPS) is 21.4. The van der Waals surface area contributed by atoms with Crippen molar-refractivity contribution >= 4 is 12.4 Å². The van der Waals surface area contributed by atoms with Gasteiger partial charge in [0.2, 0.25) is 0 Å². The maximum atomic E-state index is 5.50. The zero-order valence-electron chi connectivity index (χ0n) is 7.06. The van der Waals surface area contributed by atoms with E-state index in [1.54, 1.807) is 0 Å². The van der Waals surface area contributed by atoms with Crippen LogP contribution in [0, 0.1) is 0 Å². The highest BCUT2D eigenvalue weighted by Gasteiger charge is 2.15. The number of ether oxygens (including phenoxy) is 1. The first-order valence-electron chi connectivity index (χ1n) is 4.00. The smallest absolute Gasteiger partial charge is 0.200 e. The lowest BCUT2D eigenvalue weighted by Crippen LogP contribution is -2.16. The fourth-order valence-electron chi connectivity index (χ4n) is 1.21. The number of rotatable bonds is 3. The predicted octanol–water partition coefficient (Wildman–Crippen LogP) is -0.500. The van der Waals surface area contributed by atoms with Crippen LogP contribution >= 0.6 is 12.4 Å². The average Bonchev–Trinajstić information content (AvgIpc) is 2.74. The van der Waals surface area contributed by atoms with E-state index in [0.717, 1.165) is 19.5 Å². The quantitative estimate of drug-likeness (QED) is 0.696. The van der Waals surface area contributed by atoms with Crippen molar-refractivity contribution in [2.24, 2.45) is 0 Å². The van der Waals surface area contributed by atoms with Gasteiger partial charge in [-0.3, -0.25) is 0 Å². The standard InChI is InChI=1S/C6H11N5O.ClH/c1-2-7-3-5(1)12-4-6-8-10-11-9-6;/h5,7H,1-4H2,(H,8,9,10,11);1H. The van der Waals surface area contributed by atoms with Crippen molar-refractivity contribution in [2.45, 2.75) is 19.1 Å². The van der Waals surface area contributed by atoms with Crippen LogP contribution in [0.4, 0.5) is 0 Å². The fourth-order valence-corrected chi connectivity index (χ4v) is 1.21. The Balaban J connectivity index is 0.000000845. The number of hydrogen-bond donors (Lipinski definition) is 2. The minimum absolute atomic E-state index is 0. The zero-order valence-corrected chi connectivity index (χ0v) is 7.88. The molecule has 1 aliphatic heterocycles. The molecule has 7 heteroatoms. The van der Waals surface area contributed by atoms with Crippen LogP contribution in [0.3, 0.4) is 0 Å². The van der Waals surface area contributed by atoms with Gasteiger partial charge in [-0.25, -0.2) is 0 Å². The molecule has 0 radical (unpaired) electrons. The highest BCUT2D eigenvalue weighted by Crippen LogP contribution is 2.04. The lowest BCUT2D eigenvalue weighted by atomic mass is 10.3. The lowest BCUT2D eigenvalue weighted by molar-refractivity contribution is 0.0501. The number of H-pyrrole nitrogens is 1. The van der Waals surface area contributed by atoms with Crippen LogP contribution in [0.1, 0.15) is 12.2 Å². The maximum Gasteiger partial charge on any atom is 0.200 e. The van der Waals surface area contributed by atoms with E-state index in [2.05, 4.69) is 25.9 Å². The first-order valence-corrected chi connectivity index (χ1v) is 4.00. The van der Waals surface area contributed by atoms with Crippen LogP contribution in [-0.4, -0.2) is 39.8 Å². The van der Waals surface area contributed by atoms with Gasteiger partial charge < -0.3 is 10.1 Å². The highest BCUT2D eigenvalue weighted by molar-refractivity contribution is 5.85. The van der Waals surface area contributed by atoms with Gasteiger partial charge in [0.15, 0.2) is 5.82 Å². The van der Waals surface area contributed by atoms with Crippen LogP contribution in [0.5, 0.6) is 0 Å². The van der Waals surface area contributed by atoms with Gasteiger partial charge in [-0.1, -0.05) is 5.21 Å². The molecule has 0 saturated carbocycles. The van der Waals surface area contributed by atoms with Gasteiger partial charge in [-0.15, -0.1) is 22.6 Å². The molecule has 1 saturated heterocycles. The Bertz CT molecular complexity index is 223. The van der Waals surface area contributed by atoms with E-state index in [9.17, 15) is 0 Å². The molecule has 1 unspecified atom stereocenters. The summed E-state index contributed by atoms with van der Waals surface area (Å²) >= 11 is 0. The minimum atomic E-state index is 0. The largest absolute Gasteiger partial charge is 0.369 e. The number of halogens is 1. The molecule has 1 aliphatic rings. The SMILES string of the molecule is C1CC(OCc2nn[nH]n2)CN1.Cl. The van der Waals surface area contributed by atoms with Crippen molar-refractivity contribution in [3.8, 4) is 0 Å². The Labute approximate surface area is 81.8 Å². The maximum absolute atomic E-state index is 5.50. The predicted molar refractivity (Wildman–Crippen MR) is 47.5 cm³/mol. The van der Waals surface area contributed by atoms with Crippen LogP contribution < -0.4 is 5.32 Å². The molecule has 6 nitrogen and oxygen atoms in total. The summed E-state index contributed by atoms with van der Waals surface area (Å²) in [5.74, 6) is 0.613. The first kappa shape index (κ1) is 10.4. The van der Waals surface area contributed by atoms with E-state index >= 15 is 0 Å². The molecule has 2 heterocycles. The second kappa shape index (κ2) is 5.11. The number of nitrogens with zero attached hydrogens (tertiary/aromatic N) is 3. The topological polar surface area (TPSA) is 75.7 Å². The number of aromatic amines is 1. The number of tetrazole rings is 1. The van der Waals surface area contributed by atoms with Gasteiger partial charge in [0.05, 0.1) is 6.10 Å². The van der Waals surface area contributed by atoms with Crippen LogP contribution in [0.25, 0.3) is 0 Å². The third-order valence-electron chi connectivity index (χ3n) is 1.85. The molecule has 2 N–H and O–H groups in total. The number of nitrogens with one attached hydrogen (secondary N) is 2. The molecular formula is C6H12ClN5O. The van der Waals surface area contributed by atoms with Crippen LogP contribution in [0.2, 0.25) is 0 Å². The minimum Gasteiger partial charge on any atom is -0.369 e. The summed E-state index contributed by atoms with van der Waals surface area (Å²) in [5.41, 5.74) is 0. The van der Waals surface area contributed by atoms with Gasteiger partial charge in [0.1, 0.15) is 6.61 Å². The van der Waals surface area contributed by atoms with Crippen molar-refractivity contribution in [3.05, 3.63) is 5.82 Å². The summed E-state index contributed by atoms with van der Waals surface area (Å²) in [6, 6.07) is 0. The van der Waals surface area contributed by atoms with E-state index in [-0.39, 0.29) is 12.4 Å². The fraction of sp³-hybridized carbons (Fsp3) is 0.833. The number of aromatic nitrogens is 4.